The molecule has 0 saturated heterocycles. The number of rotatable bonds is 3. The van der Waals surface area contributed by atoms with Gasteiger partial charge in [0.25, 0.3) is 5.69 Å². The van der Waals surface area contributed by atoms with Crippen molar-refractivity contribution in [2.75, 3.05) is 0 Å². The van der Waals surface area contributed by atoms with Crippen LogP contribution >= 0.6 is 0 Å². The number of carboxylic acids is 1. The molecule has 0 bridgehead atoms. The van der Waals surface area contributed by atoms with Crippen molar-refractivity contribution < 1.29 is 14.8 Å². The zero-order valence-corrected chi connectivity index (χ0v) is 9.11. The second-order valence-electron chi connectivity index (χ2n) is 3.51. The Bertz CT molecular complexity index is 608. The fraction of sp³-hybridized carbons (Fsp3) is 0. The lowest BCUT2D eigenvalue weighted by atomic mass is 10.0. The number of aromatic carboxylic acids is 1. The van der Waals surface area contributed by atoms with Gasteiger partial charge in [-0.3, -0.25) is 10.1 Å². The maximum absolute atomic E-state index is 11.0. The fourth-order valence-electron chi connectivity index (χ4n) is 1.57. The Labute approximate surface area is 102 Å². The van der Waals surface area contributed by atoms with E-state index in [0.29, 0.717) is 11.1 Å². The van der Waals surface area contributed by atoms with Gasteiger partial charge in [-0.2, -0.15) is 0 Å². The van der Waals surface area contributed by atoms with E-state index in [1.54, 1.807) is 12.1 Å². The summed E-state index contributed by atoms with van der Waals surface area (Å²) < 4.78 is 0. The quantitative estimate of drug-likeness (QED) is 0.660. The maximum Gasteiger partial charge on any atom is 0.355 e. The van der Waals surface area contributed by atoms with Crippen molar-refractivity contribution >= 4 is 11.7 Å². The Morgan fingerprint density at radius 3 is 2.44 bits per heavy atom. The molecule has 1 heterocycles. The van der Waals surface area contributed by atoms with Crippen molar-refractivity contribution in [3.8, 4) is 11.1 Å². The number of nitrogens with zero attached hydrogens (tertiary/aromatic N) is 2. The van der Waals surface area contributed by atoms with Crippen LogP contribution in [0.15, 0.2) is 42.6 Å². The molecule has 0 saturated carbocycles. The van der Waals surface area contributed by atoms with Gasteiger partial charge < -0.3 is 5.11 Å². The van der Waals surface area contributed by atoms with Gasteiger partial charge in [0.1, 0.15) is 0 Å². The van der Waals surface area contributed by atoms with Crippen LogP contribution in [0, 0.1) is 10.1 Å². The third-order valence-electron chi connectivity index (χ3n) is 2.40. The predicted octanol–water partition coefficient (Wildman–Crippen LogP) is 2.36. The van der Waals surface area contributed by atoms with Crippen molar-refractivity contribution in [1.82, 2.24) is 4.98 Å². The second kappa shape index (κ2) is 4.62. The minimum absolute atomic E-state index is 0.0421. The SMILES string of the molecule is O=C(O)c1ncccc1-c1ccc([N+](=O)[O-])cc1. The molecule has 0 atom stereocenters. The monoisotopic (exact) mass is 244 g/mol. The Morgan fingerprint density at radius 1 is 1.22 bits per heavy atom. The van der Waals surface area contributed by atoms with Crippen molar-refractivity contribution in [2.45, 2.75) is 0 Å². The average molecular weight is 244 g/mol. The molecule has 1 aromatic heterocycles. The first kappa shape index (κ1) is 11.7. The number of nitro groups is 1. The lowest BCUT2D eigenvalue weighted by Gasteiger charge is -2.04. The lowest BCUT2D eigenvalue weighted by Crippen LogP contribution is -2.02. The minimum Gasteiger partial charge on any atom is -0.476 e. The molecule has 6 nitrogen and oxygen atoms in total. The van der Waals surface area contributed by atoms with Crippen molar-refractivity contribution in [3.63, 3.8) is 0 Å². The number of carbonyl (C=O) groups is 1. The summed E-state index contributed by atoms with van der Waals surface area (Å²) in [7, 11) is 0. The molecule has 6 heteroatoms. The molecular weight excluding hydrogens is 236 g/mol. The van der Waals surface area contributed by atoms with Gasteiger partial charge in [-0.05, 0) is 23.8 Å². The number of benzene rings is 1. The molecule has 18 heavy (non-hydrogen) atoms. The van der Waals surface area contributed by atoms with Crippen molar-refractivity contribution in [2.24, 2.45) is 0 Å². The van der Waals surface area contributed by atoms with Crippen molar-refractivity contribution in [3.05, 3.63) is 58.4 Å². The third-order valence-corrected chi connectivity index (χ3v) is 2.40. The highest BCUT2D eigenvalue weighted by Gasteiger charge is 2.13. The minimum atomic E-state index is -1.14. The van der Waals surface area contributed by atoms with Gasteiger partial charge in [-0.25, -0.2) is 9.78 Å². The fourth-order valence-corrected chi connectivity index (χ4v) is 1.57. The first-order valence-corrected chi connectivity index (χ1v) is 5.03. The summed E-state index contributed by atoms with van der Waals surface area (Å²) >= 11 is 0. The molecule has 90 valence electrons. The van der Waals surface area contributed by atoms with Crippen LogP contribution < -0.4 is 0 Å². The van der Waals surface area contributed by atoms with Gasteiger partial charge in [0.15, 0.2) is 5.69 Å². The highest BCUT2D eigenvalue weighted by atomic mass is 16.6. The predicted molar refractivity (Wildman–Crippen MR) is 63.3 cm³/mol. The number of hydrogen-bond acceptors (Lipinski definition) is 4. The van der Waals surface area contributed by atoms with Crippen molar-refractivity contribution in [1.29, 1.82) is 0 Å². The largest absolute Gasteiger partial charge is 0.476 e. The maximum atomic E-state index is 11.0. The number of pyridine rings is 1. The smallest absolute Gasteiger partial charge is 0.355 e. The molecular formula is C12H8N2O4. The summed E-state index contributed by atoms with van der Waals surface area (Å²) in [5.41, 5.74) is 0.886. The second-order valence-corrected chi connectivity index (χ2v) is 3.51. The van der Waals surface area contributed by atoms with E-state index in [-0.39, 0.29) is 11.4 Å². The molecule has 2 aromatic rings. The molecule has 0 fully saturated rings. The van der Waals surface area contributed by atoms with Crippen LogP contribution in [0.5, 0.6) is 0 Å². The summed E-state index contributed by atoms with van der Waals surface area (Å²) in [4.78, 5) is 24.8. The van der Waals surface area contributed by atoms with E-state index in [4.69, 9.17) is 5.11 Å². The Morgan fingerprint density at radius 2 is 1.89 bits per heavy atom. The van der Waals surface area contributed by atoms with Crippen LogP contribution in [0.1, 0.15) is 10.5 Å². The molecule has 0 amide bonds. The average Bonchev–Trinajstić information content (AvgIpc) is 2.39. The number of carboxylic acid groups (broad SMARTS) is 1. The highest BCUT2D eigenvalue weighted by Crippen LogP contribution is 2.24. The summed E-state index contributed by atoms with van der Waals surface area (Å²) in [5.74, 6) is -1.14. The third kappa shape index (κ3) is 2.17. The Kier molecular flexibility index (Phi) is 3.01. The lowest BCUT2D eigenvalue weighted by molar-refractivity contribution is -0.384. The molecule has 1 N–H and O–H groups in total. The highest BCUT2D eigenvalue weighted by molar-refractivity contribution is 5.93. The molecule has 2 rings (SSSR count). The molecule has 0 radical (unpaired) electrons. The number of aromatic nitrogens is 1. The molecule has 0 aliphatic carbocycles. The van der Waals surface area contributed by atoms with E-state index in [1.165, 1.54) is 30.5 Å². The standard InChI is InChI=1S/C12H8N2O4/c15-12(16)11-10(2-1-7-13-11)8-3-5-9(6-4-8)14(17)18/h1-7H,(H,15,16). The molecule has 0 spiro atoms. The Hall–Kier alpha value is -2.76. The van der Waals surface area contributed by atoms with Gasteiger partial charge >= 0.3 is 5.97 Å². The number of hydrogen-bond donors (Lipinski definition) is 1. The molecule has 0 aliphatic heterocycles. The van der Waals surface area contributed by atoms with Gasteiger partial charge in [0.2, 0.25) is 0 Å². The van der Waals surface area contributed by atoms with E-state index < -0.39 is 10.9 Å². The van der Waals surface area contributed by atoms with Crippen LogP contribution in [0.3, 0.4) is 0 Å². The summed E-state index contributed by atoms with van der Waals surface area (Å²) in [6, 6.07) is 8.88. The van der Waals surface area contributed by atoms with Crippen LogP contribution in [0.2, 0.25) is 0 Å². The first-order chi connectivity index (χ1) is 8.59. The molecule has 1 aromatic carbocycles. The topological polar surface area (TPSA) is 93.3 Å². The molecule has 0 unspecified atom stereocenters. The van der Waals surface area contributed by atoms with E-state index >= 15 is 0 Å². The first-order valence-electron chi connectivity index (χ1n) is 5.03. The van der Waals surface area contributed by atoms with Crippen LogP contribution in [0.25, 0.3) is 11.1 Å². The zero-order chi connectivity index (χ0) is 13.1. The van der Waals surface area contributed by atoms with E-state index in [9.17, 15) is 14.9 Å². The Balaban J connectivity index is 2.49. The van der Waals surface area contributed by atoms with Gasteiger partial charge in [-0.1, -0.05) is 6.07 Å². The molecule has 0 aliphatic rings. The normalized spacial score (nSPS) is 10.0. The van der Waals surface area contributed by atoms with E-state index in [1.807, 2.05) is 0 Å². The van der Waals surface area contributed by atoms with E-state index in [2.05, 4.69) is 4.98 Å². The zero-order valence-electron chi connectivity index (χ0n) is 9.11. The van der Waals surface area contributed by atoms with Gasteiger partial charge in [0.05, 0.1) is 4.92 Å². The van der Waals surface area contributed by atoms with Gasteiger partial charge in [0, 0.05) is 23.9 Å². The summed E-state index contributed by atoms with van der Waals surface area (Å²) in [6.07, 6.45) is 1.39. The number of nitro benzene ring substituents is 1. The van der Waals surface area contributed by atoms with Gasteiger partial charge in [-0.15, -0.1) is 0 Å². The summed E-state index contributed by atoms with van der Waals surface area (Å²) in [6.45, 7) is 0. The van der Waals surface area contributed by atoms with Crippen LogP contribution in [0.4, 0.5) is 5.69 Å². The van der Waals surface area contributed by atoms with Crippen LogP contribution in [-0.4, -0.2) is 21.0 Å². The number of non-ortho nitro benzene ring substituents is 1. The summed E-state index contributed by atoms with van der Waals surface area (Å²) in [5, 5.41) is 19.5. The van der Waals surface area contributed by atoms with Crippen LogP contribution in [-0.2, 0) is 0 Å². The van der Waals surface area contributed by atoms with E-state index in [0.717, 1.165) is 0 Å².